The van der Waals surface area contributed by atoms with E-state index in [9.17, 15) is 4.79 Å². The van der Waals surface area contributed by atoms with E-state index in [0.717, 1.165) is 25.1 Å². The van der Waals surface area contributed by atoms with Crippen LogP contribution in [0.25, 0.3) is 0 Å². The number of hydrogen-bond donors (Lipinski definition) is 1. The van der Waals surface area contributed by atoms with E-state index in [2.05, 4.69) is 22.2 Å². The number of nitrogens with zero attached hydrogens (tertiary/aromatic N) is 3. The number of aryl methyl sites for hydroxylation is 2. The number of carbonyl (C=O) groups is 1. The van der Waals surface area contributed by atoms with Gasteiger partial charge in [0.15, 0.2) is 0 Å². The molecule has 1 amide bonds. The third-order valence-electron chi connectivity index (χ3n) is 4.47. The fourth-order valence-corrected chi connectivity index (χ4v) is 3.14. The summed E-state index contributed by atoms with van der Waals surface area (Å²) in [5, 5.41) is 7.59. The maximum atomic E-state index is 12.1. The standard InChI is InChI=1S/C16H28N4O/c1-12-15(13(2)20(4)18-12)10-19(3)11-16(21)17-14-8-6-5-7-9-14/h14H,5-11H2,1-4H3,(H,17,21). The highest BCUT2D eigenvalue weighted by Gasteiger charge is 2.17. The van der Waals surface area contributed by atoms with Gasteiger partial charge in [-0.15, -0.1) is 0 Å². The van der Waals surface area contributed by atoms with E-state index in [0.29, 0.717) is 12.6 Å². The number of hydrogen-bond acceptors (Lipinski definition) is 3. The Kier molecular flexibility index (Phi) is 5.39. The van der Waals surface area contributed by atoms with Gasteiger partial charge in [0, 0.05) is 30.9 Å². The monoisotopic (exact) mass is 292 g/mol. The van der Waals surface area contributed by atoms with Gasteiger partial charge >= 0.3 is 0 Å². The quantitative estimate of drug-likeness (QED) is 0.902. The second-order valence-corrected chi connectivity index (χ2v) is 6.35. The second kappa shape index (κ2) is 7.07. The van der Waals surface area contributed by atoms with Gasteiger partial charge in [0.25, 0.3) is 0 Å². The van der Waals surface area contributed by atoms with Gasteiger partial charge in [-0.05, 0) is 33.7 Å². The zero-order valence-corrected chi connectivity index (χ0v) is 13.8. The highest BCUT2D eigenvalue weighted by molar-refractivity contribution is 5.78. The summed E-state index contributed by atoms with van der Waals surface area (Å²) in [5.74, 6) is 0.142. The number of carbonyl (C=O) groups excluding carboxylic acids is 1. The minimum atomic E-state index is 0.142. The van der Waals surface area contributed by atoms with Gasteiger partial charge in [0.1, 0.15) is 0 Å². The van der Waals surface area contributed by atoms with E-state index in [-0.39, 0.29) is 5.91 Å². The van der Waals surface area contributed by atoms with E-state index in [1.165, 1.54) is 30.5 Å². The molecule has 21 heavy (non-hydrogen) atoms. The lowest BCUT2D eigenvalue weighted by molar-refractivity contribution is -0.123. The van der Waals surface area contributed by atoms with Gasteiger partial charge in [-0.25, -0.2) is 0 Å². The Morgan fingerprint density at radius 1 is 1.33 bits per heavy atom. The molecule has 0 atom stereocenters. The van der Waals surface area contributed by atoms with Gasteiger partial charge in [0.05, 0.1) is 12.2 Å². The van der Waals surface area contributed by atoms with Gasteiger partial charge in [0.2, 0.25) is 5.91 Å². The Morgan fingerprint density at radius 2 is 2.00 bits per heavy atom. The molecule has 1 N–H and O–H groups in total. The molecule has 5 nitrogen and oxygen atoms in total. The molecule has 0 unspecified atom stereocenters. The molecule has 5 heteroatoms. The summed E-state index contributed by atoms with van der Waals surface area (Å²) >= 11 is 0. The summed E-state index contributed by atoms with van der Waals surface area (Å²) in [5.41, 5.74) is 3.45. The molecule has 0 bridgehead atoms. The fraction of sp³-hybridized carbons (Fsp3) is 0.750. The molecule has 0 spiro atoms. The first-order valence-corrected chi connectivity index (χ1v) is 7.94. The summed E-state index contributed by atoms with van der Waals surface area (Å²) in [6.45, 7) is 5.32. The Morgan fingerprint density at radius 3 is 2.57 bits per heavy atom. The topological polar surface area (TPSA) is 50.2 Å². The molecule has 1 aromatic heterocycles. The molecule has 1 aliphatic carbocycles. The van der Waals surface area contributed by atoms with E-state index in [4.69, 9.17) is 0 Å². The molecule has 1 aromatic rings. The smallest absolute Gasteiger partial charge is 0.234 e. The molecule has 1 heterocycles. The van der Waals surface area contributed by atoms with Crippen molar-refractivity contribution in [2.45, 2.75) is 58.5 Å². The van der Waals surface area contributed by atoms with Crippen LogP contribution in [0.3, 0.4) is 0 Å². The van der Waals surface area contributed by atoms with Gasteiger partial charge in [-0.2, -0.15) is 5.10 Å². The number of nitrogens with one attached hydrogen (secondary N) is 1. The highest BCUT2D eigenvalue weighted by atomic mass is 16.2. The van der Waals surface area contributed by atoms with Crippen LogP contribution in [0.1, 0.15) is 49.1 Å². The first-order valence-electron chi connectivity index (χ1n) is 7.94. The normalized spacial score (nSPS) is 16.4. The Balaban J connectivity index is 1.83. The number of likely N-dealkylation sites (N-methyl/N-ethyl adjacent to an activating group) is 1. The lowest BCUT2D eigenvalue weighted by Crippen LogP contribution is -2.41. The van der Waals surface area contributed by atoms with Crippen molar-refractivity contribution in [3.63, 3.8) is 0 Å². The predicted octanol–water partition coefficient (Wildman–Crippen LogP) is 1.92. The molecule has 0 saturated heterocycles. The SMILES string of the molecule is Cc1nn(C)c(C)c1CN(C)CC(=O)NC1CCCCC1. The molecule has 1 saturated carbocycles. The maximum Gasteiger partial charge on any atom is 0.234 e. The second-order valence-electron chi connectivity index (χ2n) is 6.35. The molecular formula is C16H28N4O. The number of rotatable bonds is 5. The lowest BCUT2D eigenvalue weighted by atomic mass is 9.95. The number of aromatic nitrogens is 2. The predicted molar refractivity (Wildman–Crippen MR) is 84.0 cm³/mol. The van der Waals surface area contributed by atoms with Crippen LogP contribution in [0.4, 0.5) is 0 Å². The minimum Gasteiger partial charge on any atom is -0.352 e. The molecule has 0 aliphatic heterocycles. The Labute approximate surface area is 127 Å². The largest absolute Gasteiger partial charge is 0.352 e. The first kappa shape index (κ1) is 16.0. The van der Waals surface area contributed by atoms with Crippen molar-refractivity contribution >= 4 is 5.91 Å². The van der Waals surface area contributed by atoms with E-state index < -0.39 is 0 Å². The van der Waals surface area contributed by atoms with Gasteiger partial charge < -0.3 is 5.32 Å². The van der Waals surface area contributed by atoms with Gasteiger partial charge in [-0.3, -0.25) is 14.4 Å². The van der Waals surface area contributed by atoms with Crippen LogP contribution in [-0.4, -0.2) is 40.2 Å². The highest BCUT2D eigenvalue weighted by Crippen LogP contribution is 2.17. The van der Waals surface area contributed by atoms with Crippen LogP contribution >= 0.6 is 0 Å². The van der Waals surface area contributed by atoms with Crippen molar-refractivity contribution < 1.29 is 4.79 Å². The molecule has 2 rings (SSSR count). The van der Waals surface area contributed by atoms with Crippen molar-refractivity contribution in [1.29, 1.82) is 0 Å². The van der Waals surface area contributed by atoms with Crippen molar-refractivity contribution in [3.8, 4) is 0 Å². The van der Waals surface area contributed by atoms with E-state index in [1.54, 1.807) is 0 Å². The van der Waals surface area contributed by atoms with Crippen molar-refractivity contribution in [1.82, 2.24) is 20.0 Å². The molecule has 1 fully saturated rings. The van der Waals surface area contributed by atoms with Crippen molar-refractivity contribution in [2.75, 3.05) is 13.6 Å². The zero-order valence-electron chi connectivity index (χ0n) is 13.8. The molecule has 118 valence electrons. The van der Waals surface area contributed by atoms with Crippen LogP contribution in [0.5, 0.6) is 0 Å². The number of amides is 1. The lowest BCUT2D eigenvalue weighted by Gasteiger charge is -2.24. The third kappa shape index (κ3) is 4.30. The summed E-state index contributed by atoms with van der Waals surface area (Å²) in [6.07, 6.45) is 6.07. The van der Waals surface area contributed by atoms with Crippen LogP contribution in [0, 0.1) is 13.8 Å². The summed E-state index contributed by atoms with van der Waals surface area (Å²) in [7, 11) is 3.95. The molecule has 0 aromatic carbocycles. The average Bonchev–Trinajstić information content (AvgIpc) is 2.66. The Bertz CT molecular complexity index is 489. The van der Waals surface area contributed by atoms with E-state index >= 15 is 0 Å². The molecule has 0 radical (unpaired) electrons. The zero-order chi connectivity index (χ0) is 15.4. The summed E-state index contributed by atoms with van der Waals surface area (Å²) in [4.78, 5) is 14.2. The summed E-state index contributed by atoms with van der Waals surface area (Å²) in [6, 6.07) is 0.390. The van der Waals surface area contributed by atoms with E-state index in [1.807, 2.05) is 25.7 Å². The van der Waals surface area contributed by atoms with Crippen molar-refractivity contribution in [2.24, 2.45) is 7.05 Å². The maximum absolute atomic E-state index is 12.1. The third-order valence-corrected chi connectivity index (χ3v) is 4.47. The fourth-order valence-electron chi connectivity index (χ4n) is 3.14. The average molecular weight is 292 g/mol. The summed E-state index contributed by atoms with van der Waals surface area (Å²) < 4.78 is 1.90. The van der Waals surface area contributed by atoms with Crippen LogP contribution in [0.2, 0.25) is 0 Å². The van der Waals surface area contributed by atoms with Crippen LogP contribution in [0.15, 0.2) is 0 Å². The van der Waals surface area contributed by atoms with Crippen LogP contribution in [-0.2, 0) is 18.4 Å². The van der Waals surface area contributed by atoms with Crippen molar-refractivity contribution in [3.05, 3.63) is 17.0 Å². The molecular weight excluding hydrogens is 264 g/mol. The Hall–Kier alpha value is -1.36. The van der Waals surface area contributed by atoms with Crippen LogP contribution < -0.4 is 5.32 Å². The van der Waals surface area contributed by atoms with Gasteiger partial charge in [-0.1, -0.05) is 19.3 Å². The molecule has 1 aliphatic rings. The minimum absolute atomic E-state index is 0.142. The first-order chi connectivity index (χ1) is 9.97.